The predicted octanol–water partition coefficient (Wildman–Crippen LogP) is 4.00. The van der Waals surface area contributed by atoms with E-state index >= 15 is 0 Å². The van der Waals surface area contributed by atoms with Crippen LogP contribution >= 0.6 is 0 Å². The highest BCUT2D eigenvalue weighted by Gasteiger charge is 2.20. The molecule has 0 aliphatic carbocycles. The molecule has 1 N–H and O–H groups in total. The van der Waals surface area contributed by atoms with Crippen LogP contribution in [-0.4, -0.2) is 28.8 Å². The standard InChI is InChI=1S/C22H27N3O3/c1-15(2)18-7-9-19(10-8-18)28-14-22(26)23-13-20(21-6-5-11-27-21)25-17(4)12-16(3)24-25/h5-12,15,20H,13-14H2,1-4H3,(H,23,26). The molecule has 6 nitrogen and oxygen atoms in total. The summed E-state index contributed by atoms with van der Waals surface area (Å²) in [5, 5.41) is 7.46. The maximum Gasteiger partial charge on any atom is 0.258 e. The third kappa shape index (κ3) is 4.82. The van der Waals surface area contributed by atoms with E-state index in [2.05, 4.69) is 24.3 Å². The van der Waals surface area contributed by atoms with Crippen molar-refractivity contribution in [3.8, 4) is 5.75 Å². The number of carbonyl (C=O) groups is 1. The molecule has 0 bridgehead atoms. The molecule has 148 valence electrons. The Morgan fingerprint density at radius 1 is 1.21 bits per heavy atom. The fourth-order valence-corrected chi connectivity index (χ4v) is 3.11. The number of aryl methyl sites for hydroxylation is 2. The number of amides is 1. The van der Waals surface area contributed by atoms with E-state index in [0.717, 1.165) is 17.1 Å². The number of nitrogens with zero attached hydrogens (tertiary/aromatic N) is 2. The van der Waals surface area contributed by atoms with Crippen molar-refractivity contribution in [1.29, 1.82) is 0 Å². The van der Waals surface area contributed by atoms with Crippen molar-refractivity contribution in [2.75, 3.05) is 13.2 Å². The molecule has 1 aromatic carbocycles. The third-order valence-corrected chi connectivity index (χ3v) is 4.62. The van der Waals surface area contributed by atoms with Crippen LogP contribution in [0.25, 0.3) is 0 Å². The lowest BCUT2D eigenvalue weighted by molar-refractivity contribution is -0.123. The maximum atomic E-state index is 12.3. The smallest absolute Gasteiger partial charge is 0.258 e. The highest BCUT2D eigenvalue weighted by Crippen LogP contribution is 2.21. The van der Waals surface area contributed by atoms with Crippen molar-refractivity contribution in [2.24, 2.45) is 0 Å². The second kappa shape index (κ2) is 8.78. The molecule has 2 heterocycles. The molecule has 1 amide bonds. The molecule has 6 heteroatoms. The molecule has 28 heavy (non-hydrogen) atoms. The Bertz CT molecular complexity index is 896. The van der Waals surface area contributed by atoms with Crippen LogP contribution < -0.4 is 10.1 Å². The van der Waals surface area contributed by atoms with Gasteiger partial charge in [-0.1, -0.05) is 26.0 Å². The molecule has 0 saturated carbocycles. The molecule has 1 unspecified atom stereocenters. The number of benzene rings is 1. The second-order valence-electron chi connectivity index (χ2n) is 7.22. The minimum absolute atomic E-state index is 0.0387. The van der Waals surface area contributed by atoms with E-state index in [1.807, 2.05) is 61.0 Å². The zero-order valence-corrected chi connectivity index (χ0v) is 16.8. The van der Waals surface area contributed by atoms with E-state index in [1.165, 1.54) is 5.56 Å². The van der Waals surface area contributed by atoms with Gasteiger partial charge in [-0.15, -0.1) is 0 Å². The number of furan rings is 1. The van der Waals surface area contributed by atoms with E-state index in [0.29, 0.717) is 18.2 Å². The lowest BCUT2D eigenvalue weighted by atomic mass is 10.0. The minimum Gasteiger partial charge on any atom is -0.484 e. The highest BCUT2D eigenvalue weighted by molar-refractivity contribution is 5.77. The molecule has 0 aliphatic rings. The Kier molecular flexibility index (Phi) is 6.19. The first-order valence-corrected chi connectivity index (χ1v) is 9.49. The molecule has 0 saturated heterocycles. The van der Waals surface area contributed by atoms with Crippen LogP contribution in [0.3, 0.4) is 0 Å². The first-order valence-electron chi connectivity index (χ1n) is 9.49. The van der Waals surface area contributed by atoms with Gasteiger partial charge in [-0.05, 0) is 55.7 Å². The lowest BCUT2D eigenvalue weighted by Gasteiger charge is -2.18. The Labute approximate surface area is 165 Å². The van der Waals surface area contributed by atoms with Crippen molar-refractivity contribution >= 4 is 5.91 Å². The van der Waals surface area contributed by atoms with Gasteiger partial charge in [-0.25, -0.2) is 0 Å². The van der Waals surface area contributed by atoms with Crippen LogP contribution in [0.4, 0.5) is 0 Å². The van der Waals surface area contributed by atoms with E-state index in [4.69, 9.17) is 9.15 Å². The maximum absolute atomic E-state index is 12.3. The zero-order chi connectivity index (χ0) is 20.1. The molecule has 1 atom stereocenters. The molecule has 0 fully saturated rings. The fraction of sp³-hybridized carbons (Fsp3) is 0.364. The van der Waals surface area contributed by atoms with Gasteiger partial charge < -0.3 is 14.5 Å². The summed E-state index contributed by atoms with van der Waals surface area (Å²) in [6.45, 7) is 8.54. The van der Waals surface area contributed by atoms with Gasteiger partial charge in [-0.3, -0.25) is 9.48 Å². The van der Waals surface area contributed by atoms with Gasteiger partial charge in [0.05, 0.1) is 12.0 Å². The quantitative estimate of drug-likeness (QED) is 0.640. The van der Waals surface area contributed by atoms with Crippen molar-refractivity contribution in [1.82, 2.24) is 15.1 Å². The Morgan fingerprint density at radius 3 is 2.54 bits per heavy atom. The molecule has 3 rings (SSSR count). The van der Waals surface area contributed by atoms with Crippen LogP contribution in [0.5, 0.6) is 5.75 Å². The molecule has 3 aromatic rings. The van der Waals surface area contributed by atoms with Crippen molar-refractivity contribution in [3.05, 3.63) is 71.4 Å². The lowest BCUT2D eigenvalue weighted by Crippen LogP contribution is -2.35. The summed E-state index contributed by atoms with van der Waals surface area (Å²) < 4.78 is 13.0. The largest absolute Gasteiger partial charge is 0.484 e. The first kappa shape index (κ1) is 19.7. The van der Waals surface area contributed by atoms with Crippen LogP contribution in [0, 0.1) is 13.8 Å². The Morgan fingerprint density at radius 2 is 1.96 bits per heavy atom. The summed E-state index contributed by atoms with van der Waals surface area (Å²) in [6.07, 6.45) is 1.62. The number of nitrogens with one attached hydrogen (secondary N) is 1. The van der Waals surface area contributed by atoms with Crippen LogP contribution in [0.1, 0.15) is 48.5 Å². The number of rotatable bonds is 8. The highest BCUT2D eigenvalue weighted by atomic mass is 16.5. The van der Waals surface area contributed by atoms with Gasteiger partial charge in [0.2, 0.25) is 0 Å². The fourth-order valence-electron chi connectivity index (χ4n) is 3.11. The van der Waals surface area contributed by atoms with E-state index in [-0.39, 0.29) is 18.6 Å². The number of hydrogen-bond acceptors (Lipinski definition) is 4. The van der Waals surface area contributed by atoms with Gasteiger partial charge in [0.25, 0.3) is 5.91 Å². The topological polar surface area (TPSA) is 69.3 Å². The summed E-state index contributed by atoms with van der Waals surface area (Å²) in [7, 11) is 0. The molecule has 0 aliphatic heterocycles. The molecular weight excluding hydrogens is 354 g/mol. The van der Waals surface area contributed by atoms with E-state index < -0.39 is 0 Å². The predicted molar refractivity (Wildman–Crippen MR) is 108 cm³/mol. The van der Waals surface area contributed by atoms with Crippen LogP contribution in [-0.2, 0) is 4.79 Å². The van der Waals surface area contributed by atoms with Gasteiger partial charge in [0.15, 0.2) is 6.61 Å². The number of ether oxygens (including phenoxy) is 1. The zero-order valence-electron chi connectivity index (χ0n) is 16.8. The van der Waals surface area contributed by atoms with E-state index in [9.17, 15) is 4.79 Å². The van der Waals surface area contributed by atoms with Crippen LogP contribution in [0.15, 0.2) is 53.1 Å². The molecule has 0 radical (unpaired) electrons. The average Bonchev–Trinajstić information content (AvgIpc) is 3.31. The van der Waals surface area contributed by atoms with Crippen LogP contribution in [0.2, 0.25) is 0 Å². The van der Waals surface area contributed by atoms with Crippen molar-refractivity contribution < 1.29 is 13.9 Å². The number of aromatic nitrogens is 2. The third-order valence-electron chi connectivity index (χ3n) is 4.62. The normalized spacial score (nSPS) is 12.2. The average molecular weight is 381 g/mol. The van der Waals surface area contributed by atoms with E-state index in [1.54, 1.807) is 6.26 Å². The summed E-state index contributed by atoms with van der Waals surface area (Å²) in [6, 6.07) is 13.3. The monoisotopic (exact) mass is 381 g/mol. The molecule has 0 spiro atoms. The van der Waals surface area contributed by atoms with Gasteiger partial charge in [0.1, 0.15) is 17.6 Å². The number of hydrogen-bond donors (Lipinski definition) is 1. The number of carbonyl (C=O) groups excluding carboxylic acids is 1. The summed E-state index contributed by atoms with van der Waals surface area (Å²) in [5.41, 5.74) is 3.17. The van der Waals surface area contributed by atoms with Gasteiger partial charge in [0, 0.05) is 12.2 Å². The SMILES string of the molecule is Cc1cc(C)n(C(CNC(=O)COc2ccc(C(C)C)cc2)c2ccco2)n1. The summed E-state index contributed by atoms with van der Waals surface area (Å²) >= 11 is 0. The van der Waals surface area contributed by atoms with Crippen molar-refractivity contribution in [3.63, 3.8) is 0 Å². The summed E-state index contributed by atoms with van der Waals surface area (Å²) in [5.74, 6) is 1.70. The molecular formula is C22H27N3O3. The van der Waals surface area contributed by atoms with Gasteiger partial charge in [-0.2, -0.15) is 5.10 Å². The summed E-state index contributed by atoms with van der Waals surface area (Å²) in [4.78, 5) is 12.3. The minimum atomic E-state index is -0.210. The Hall–Kier alpha value is -3.02. The van der Waals surface area contributed by atoms with Gasteiger partial charge >= 0.3 is 0 Å². The first-order chi connectivity index (χ1) is 13.4. The van der Waals surface area contributed by atoms with Crippen molar-refractivity contribution in [2.45, 2.75) is 39.7 Å². The Balaban J connectivity index is 1.59. The molecule has 2 aromatic heterocycles. The second-order valence-corrected chi connectivity index (χ2v) is 7.22.